The van der Waals surface area contributed by atoms with Gasteiger partial charge in [0.25, 0.3) is 0 Å². The molecule has 1 aromatic rings. The van der Waals surface area contributed by atoms with Gasteiger partial charge in [-0.15, -0.1) is 0 Å². The van der Waals surface area contributed by atoms with Crippen LogP contribution in [0, 0.1) is 13.8 Å². The number of hydrogen-bond acceptors (Lipinski definition) is 4. The Morgan fingerprint density at radius 1 is 1.38 bits per heavy atom. The average Bonchev–Trinajstić information content (AvgIpc) is 2.68. The Hall–Kier alpha value is -1.41. The summed E-state index contributed by atoms with van der Waals surface area (Å²) in [5.74, 6) is -0.938. The molecule has 0 aliphatic carbocycles. The van der Waals surface area contributed by atoms with Crippen molar-refractivity contribution in [3.05, 3.63) is 11.4 Å². The van der Waals surface area contributed by atoms with Gasteiger partial charge in [0.05, 0.1) is 24.4 Å². The van der Waals surface area contributed by atoms with Crippen LogP contribution in [0.2, 0.25) is 0 Å². The highest BCUT2D eigenvalue weighted by atomic mass is 32.2. The van der Waals surface area contributed by atoms with Gasteiger partial charge >= 0.3 is 5.97 Å². The minimum absolute atomic E-state index is 0.0902. The summed E-state index contributed by atoms with van der Waals surface area (Å²) in [5.41, 5.74) is 0.887. The van der Waals surface area contributed by atoms with Gasteiger partial charge in [-0.3, -0.25) is 9.48 Å². The zero-order valence-electron chi connectivity index (χ0n) is 13.0. The third-order valence-electron chi connectivity index (χ3n) is 3.35. The van der Waals surface area contributed by atoms with Crippen molar-refractivity contribution < 1.29 is 18.3 Å². The molecular formula is C13H23N3O4S. The van der Waals surface area contributed by atoms with Crippen LogP contribution in [0.25, 0.3) is 0 Å². The maximum Gasteiger partial charge on any atom is 0.305 e. The van der Waals surface area contributed by atoms with Crippen LogP contribution in [0.3, 0.4) is 0 Å². The van der Waals surface area contributed by atoms with Crippen LogP contribution >= 0.6 is 0 Å². The highest BCUT2D eigenvalue weighted by molar-refractivity contribution is 7.89. The first-order valence-corrected chi connectivity index (χ1v) is 8.38. The average molecular weight is 317 g/mol. The molecule has 120 valence electrons. The molecule has 0 amide bonds. The quantitative estimate of drug-likeness (QED) is 0.782. The third-order valence-corrected chi connectivity index (χ3v) is 5.46. The van der Waals surface area contributed by atoms with E-state index in [4.69, 9.17) is 5.11 Å². The second-order valence-electron chi connectivity index (χ2n) is 5.05. The monoisotopic (exact) mass is 317 g/mol. The molecule has 1 aromatic heterocycles. The summed E-state index contributed by atoms with van der Waals surface area (Å²) in [6.07, 6.45) is 1.61. The van der Waals surface area contributed by atoms with Gasteiger partial charge < -0.3 is 5.11 Å². The van der Waals surface area contributed by atoms with E-state index in [-0.39, 0.29) is 17.9 Å². The molecule has 0 saturated carbocycles. The van der Waals surface area contributed by atoms with E-state index in [9.17, 15) is 13.2 Å². The lowest BCUT2D eigenvalue weighted by molar-refractivity contribution is -0.137. The molecule has 0 unspecified atom stereocenters. The summed E-state index contributed by atoms with van der Waals surface area (Å²) in [7, 11) is -2.03. The smallest absolute Gasteiger partial charge is 0.305 e. The van der Waals surface area contributed by atoms with Crippen LogP contribution in [-0.2, 0) is 21.4 Å². The Bertz CT molecular complexity index is 607. The van der Waals surface area contributed by atoms with Gasteiger partial charge in [0.15, 0.2) is 0 Å². The summed E-state index contributed by atoms with van der Waals surface area (Å²) in [5, 5.41) is 12.9. The lowest BCUT2D eigenvalue weighted by Gasteiger charge is -2.17. The van der Waals surface area contributed by atoms with Crippen LogP contribution in [-0.4, -0.2) is 47.2 Å². The highest BCUT2D eigenvalue weighted by Crippen LogP contribution is 2.23. The van der Waals surface area contributed by atoms with Gasteiger partial charge in [0, 0.05) is 13.6 Å². The number of carboxylic acids is 1. The number of rotatable bonds is 8. The first kappa shape index (κ1) is 17.6. The molecule has 0 atom stereocenters. The van der Waals surface area contributed by atoms with Crippen molar-refractivity contribution >= 4 is 16.0 Å². The Morgan fingerprint density at radius 2 is 2.00 bits per heavy atom. The van der Waals surface area contributed by atoms with Crippen molar-refractivity contribution in [1.29, 1.82) is 0 Å². The number of nitrogens with zero attached hydrogens (tertiary/aromatic N) is 3. The van der Waals surface area contributed by atoms with E-state index in [2.05, 4.69) is 5.10 Å². The number of carboxylic acid groups (broad SMARTS) is 1. The number of aliphatic carboxylic acids is 1. The maximum atomic E-state index is 12.6. The first-order valence-electron chi connectivity index (χ1n) is 6.94. The zero-order valence-corrected chi connectivity index (χ0v) is 13.8. The van der Waals surface area contributed by atoms with E-state index >= 15 is 0 Å². The summed E-state index contributed by atoms with van der Waals surface area (Å²) in [6.45, 7) is 5.91. The molecular weight excluding hydrogens is 294 g/mol. The highest BCUT2D eigenvalue weighted by Gasteiger charge is 2.28. The molecule has 8 heteroatoms. The molecule has 1 heterocycles. The van der Waals surface area contributed by atoms with Crippen LogP contribution in [0.5, 0.6) is 0 Å². The second-order valence-corrected chi connectivity index (χ2v) is 7.03. The molecule has 0 fully saturated rings. The number of sulfonamides is 1. The van der Waals surface area contributed by atoms with E-state index in [0.717, 1.165) is 12.8 Å². The predicted molar refractivity (Wildman–Crippen MR) is 78.7 cm³/mol. The Balaban J connectivity index is 3.09. The van der Waals surface area contributed by atoms with Gasteiger partial charge in [0.1, 0.15) is 4.90 Å². The molecule has 1 N–H and O–H groups in total. The van der Waals surface area contributed by atoms with E-state index in [1.807, 2.05) is 6.92 Å². The van der Waals surface area contributed by atoms with Gasteiger partial charge in [-0.25, -0.2) is 12.7 Å². The number of carbonyl (C=O) groups is 1. The standard InChI is InChI=1S/C13H23N3O4S/c1-5-6-8-15(4)21(19,20)13-10(2)14-16(11(13)3)9-7-12(17)18/h5-9H2,1-4H3,(H,17,18). The molecule has 7 nitrogen and oxygen atoms in total. The zero-order chi connectivity index (χ0) is 16.2. The summed E-state index contributed by atoms with van der Waals surface area (Å²) < 4.78 is 28.0. The third kappa shape index (κ3) is 4.04. The van der Waals surface area contributed by atoms with Crippen LogP contribution in [0.15, 0.2) is 4.90 Å². The molecule has 21 heavy (non-hydrogen) atoms. The van der Waals surface area contributed by atoms with Crippen molar-refractivity contribution in [3.8, 4) is 0 Å². The van der Waals surface area contributed by atoms with E-state index in [1.165, 1.54) is 8.99 Å². The van der Waals surface area contributed by atoms with Crippen molar-refractivity contribution in [2.24, 2.45) is 0 Å². The van der Waals surface area contributed by atoms with Crippen LogP contribution < -0.4 is 0 Å². The van der Waals surface area contributed by atoms with Crippen LogP contribution in [0.4, 0.5) is 0 Å². The normalized spacial score (nSPS) is 12.0. The lowest BCUT2D eigenvalue weighted by Crippen LogP contribution is -2.28. The van der Waals surface area contributed by atoms with Crippen molar-refractivity contribution in [2.75, 3.05) is 13.6 Å². The fourth-order valence-corrected chi connectivity index (χ4v) is 3.70. The SMILES string of the molecule is CCCCN(C)S(=O)(=O)c1c(C)nn(CCC(=O)O)c1C. The summed E-state index contributed by atoms with van der Waals surface area (Å²) >= 11 is 0. The molecule has 1 rings (SSSR count). The number of unbranched alkanes of at least 4 members (excludes halogenated alkanes) is 1. The molecule has 0 aromatic carbocycles. The molecule has 0 saturated heterocycles. The molecule has 0 aliphatic rings. The second kappa shape index (κ2) is 7.04. The minimum Gasteiger partial charge on any atom is -0.481 e. The van der Waals surface area contributed by atoms with Gasteiger partial charge in [0.2, 0.25) is 10.0 Å². The number of aromatic nitrogens is 2. The van der Waals surface area contributed by atoms with Crippen molar-refractivity contribution in [1.82, 2.24) is 14.1 Å². The number of aryl methyl sites for hydroxylation is 2. The summed E-state index contributed by atoms with van der Waals surface area (Å²) in [4.78, 5) is 10.8. The van der Waals surface area contributed by atoms with Crippen LogP contribution in [0.1, 0.15) is 37.6 Å². The summed E-state index contributed by atoms with van der Waals surface area (Å²) in [6, 6.07) is 0. The Morgan fingerprint density at radius 3 is 2.52 bits per heavy atom. The minimum atomic E-state index is -3.59. The van der Waals surface area contributed by atoms with E-state index < -0.39 is 16.0 Å². The van der Waals surface area contributed by atoms with Gasteiger partial charge in [-0.1, -0.05) is 13.3 Å². The Labute approximate surface area is 125 Å². The van der Waals surface area contributed by atoms with Crippen molar-refractivity contribution in [2.45, 2.75) is 51.5 Å². The Kier molecular flexibility index (Phi) is 5.91. The van der Waals surface area contributed by atoms with Crippen molar-refractivity contribution in [3.63, 3.8) is 0 Å². The molecule has 0 bridgehead atoms. The molecule has 0 radical (unpaired) electrons. The van der Waals surface area contributed by atoms with E-state index in [0.29, 0.717) is 17.9 Å². The fraction of sp³-hybridized carbons (Fsp3) is 0.692. The largest absolute Gasteiger partial charge is 0.481 e. The molecule has 0 spiro atoms. The fourth-order valence-electron chi connectivity index (χ4n) is 2.13. The predicted octanol–water partition coefficient (Wildman–Crippen LogP) is 1.40. The maximum absolute atomic E-state index is 12.6. The first-order chi connectivity index (χ1) is 9.71. The van der Waals surface area contributed by atoms with Gasteiger partial charge in [-0.05, 0) is 20.3 Å². The van der Waals surface area contributed by atoms with Gasteiger partial charge in [-0.2, -0.15) is 5.10 Å². The topological polar surface area (TPSA) is 92.5 Å². The lowest BCUT2D eigenvalue weighted by atomic mass is 10.3. The number of hydrogen-bond donors (Lipinski definition) is 1. The molecule has 0 aliphatic heterocycles. The van der Waals surface area contributed by atoms with E-state index in [1.54, 1.807) is 20.9 Å².